The molecule has 1 aliphatic rings. The second-order valence-corrected chi connectivity index (χ2v) is 4.91. The Morgan fingerprint density at radius 2 is 2.53 bits per heavy atom. The van der Waals surface area contributed by atoms with Gasteiger partial charge in [-0.2, -0.15) is 0 Å². The number of rotatable bonds is 3. The van der Waals surface area contributed by atoms with Gasteiger partial charge in [0.1, 0.15) is 4.60 Å². The van der Waals surface area contributed by atoms with Gasteiger partial charge in [0, 0.05) is 12.8 Å². The van der Waals surface area contributed by atoms with Crippen molar-refractivity contribution >= 4 is 21.8 Å². The number of nitrogens with one attached hydrogen (secondary N) is 1. The highest BCUT2D eigenvalue weighted by molar-refractivity contribution is 9.10. The highest BCUT2D eigenvalue weighted by atomic mass is 79.9. The number of hydrogen-bond acceptors (Lipinski definition) is 3. The van der Waals surface area contributed by atoms with Crippen molar-refractivity contribution in [1.29, 1.82) is 0 Å². The van der Waals surface area contributed by atoms with Crippen LogP contribution in [0.25, 0.3) is 0 Å². The van der Waals surface area contributed by atoms with Crippen LogP contribution in [0.3, 0.4) is 0 Å². The summed E-state index contributed by atoms with van der Waals surface area (Å²) in [5.41, 5.74) is 0.553. The number of amides is 1. The van der Waals surface area contributed by atoms with Gasteiger partial charge in [0.2, 0.25) is 0 Å². The van der Waals surface area contributed by atoms with Crippen molar-refractivity contribution in [1.82, 2.24) is 10.3 Å². The molecule has 0 aromatic carbocycles. The lowest BCUT2D eigenvalue weighted by molar-refractivity contribution is 0.0711. The van der Waals surface area contributed by atoms with Crippen molar-refractivity contribution in [3.8, 4) is 0 Å². The third-order valence-corrected chi connectivity index (χ3v) is 3.52. The Labute approximate surface area is 109 Å². The molecule has 1 aromatic rings. The number of carbonyl (C=O) groups is 1. The smallest absolute Gasteiger partial charge is 0.254 e. The lowest BCUT2D eigenvalue weighted by atomic mass is 10.1. The summed E-state index contributed by atoms with van der Waals surface area (Å²) in [4.78, 5) is 16.0. The Kier molecular flexibility index (Phi) is 4.12. The molecule has 1 N–H and O–H groups in total. The standard InChI is InChI=1S/C12H15BrN2O2/c1-8(10-5-3-7-17-10)15-12(16)9-4-2-6-14-11(9)13/h2,4,6,8,10H,3,5,7H2,1H3,(H,15,16). The molecular formula is C12H15BrN2O2. The van der Waals surface area contributed by atoms with Crippen LogP contribution in [-0.4, -0.2) is 29.6 Å². The van der Waals surface area contributed by atoms with Crippen LogP contribution in [0.4, 0.5) is 0 Å². The molecule has 5 heteroatoms. The first kappa shape index (κ1) is 12.5. The van der Waals surface area contributed by atoms with Crippen LogP contribution < -0.4 is 5.32 Å². The zero-order chi connectivity index (χ0) is 12.3. The molecule has 0 aliphatic carbocycles. The van der Waals surface area contributed by atoms with E-state index in [4.69, 9.17) is 4.74 Å². The summed E-state index contributed by atoms with van der Waals surface area (Å²) in [7, 11) is 0. The van der Waals surface area contributed by atoms with Crippen LogP contribution in [0.5, 0.6) is 0 Å². The SMILES string of the molecule is CC(NC(=O)c1cccnc1Br)C1CCCO1. The summed E-state index contributed by atoms with van der Waals surface area (Å²) in [6.07, 6.45) is 3.86. The molecule has 1 aliphatic heterocycles. The number of ether oxygens (including phenoxy) is 1. The van der Waals surface area contributed by atoms with E-state index in [1.807, 2.05) is 6.92 Å². The highest BCUT2D eigenvalue weighted by Crippen LogP contribution is 2.17. The van der Waals surface area contributed by atoms with E-state index in [1.165, 1.54) is 0 Å². The van der Waals surface area contributed by atoms with Gasteiger partial charge < -0.3 is 10.1 Å². The van der Waals surface area contributed by atoms with Gasteiger partial charge in [-0.05, 0) is 47.8 Å². The van der Waals surface area contributed by atoms with E-state index >= 15 is 0 Å². The van der Waals surface area contributed by atoms with E-state index in [0.717, 1.165) is 19.4 Å². The van der Waals surface area contributed by atoms with Gasteiger partial charge in [-0.3, -0.25) is 4.79 Å². The van der Waals surface area contributed by atoms with Crippen molar-refractivity contribution in [3.05, 3.63) is 28.5 Å². The molecule has 0 radical (unpaired) electrons. The number of nitrogens with zero attached hydrogens (tertiary/aromatic N) is 1. The van der Waals surface area contributed by atoms with E-state index in [9.17, 15) is 4.79 Å². The van der Waals surface area contributed by atoms with Crippen LogP contribution in [0.15, 0.2) is 22.9 Å². The quantitative estimate of drug-likeness (QED) is 0.870. The van der Waals surface area contributed by atoms with Gasteiger partial charge in [0.25, 0.3) is 5.91 Å². The normalized spacial score (nSPS) is 21.2. The van der Waals surface area contributed by atoms with Crippen molar-refractivity contribution in [2.45, 2.75) is 31.9 Å². The van der Waals surface area contributed by atoms with E-state index in [1.54, 1.807) is 18.3 Å². The fourth-order valence-corrected chi connectivity index (χ4v) is 2.36. The number of pyridine rings is 1. The van der Waals surface area contributed by atoms with Crippen LogP contribution in [0.2, 0.25) is 0 Å². The largest absolute Gasteiger partial charge is 0.376 e. The zero-order valence-electron chi connectivity index (χ0n) is 9.65. The summed E-state index contributed by atoms with van der Waals surface area (Å²) >= 11 is 3.27. The summed E-state index contributed by atoms with van der Waals surface area (Å²) < 4.78 is 6.11. The number of halogens is 1. The molecule has 2 atom stereocenters. The average Bonchev–Trinajstić information content (AvgIpc) is 2.82. The average molecular weight is 299 g/mol. The monoisotopic (exact) mass is 298 g/mol. The van der Waals surface area contributed by atoms with Crippen molar-refractivity contribution in [2.75, 3.05) is 6.61 Å². The third-order valence-electron chi connectivity index (χ3n) is 2.89. The summed E-state index contributed by atoms with van der Waals surface area (Å²) in [5.74, 6) is -0.118. The minimum Gasteiger partial charge on any atom is -0.376 e. The van der Waals surface area contributed by atoms with Crippen LogP contribution in [-0.2, 0) is 4.74 Å². The molecule has 1 fully saturated rings. The topological polar surface area (TPSA) is 51.2 Å². The van der Waals surface area contributed by atoms with Crippen molar-refractivity contribution < 1.29 is 9.53 Å². The maximum Gasteiger partial charge on any atom is 0.254 e. The van der Waals surface area contributed by atoms with Gasteiger partial charge >= 0.3 is 0 Å². The zero-order valence-corrected chi connectivity index (χ0v) is 11.2. The van der Waals surface area contributed by atoms with Gasteiger partial charge in [-0.1, -0.05) is 0 Å². The van der Waals surface area contributed by atoms with E-state index < -0.39 is 0 Å². The molecule has 2 heterocycles. The van der Waals surface area contributed by atoms with E-state index in [0.29, 0.717) is 10.2 Å². The molecule has 1 aromatic heterocycles. The molecule has 0 bridgehead atoms. The molecule has 2 unspecified atom stereocenters. The Balaban J connectivity index is 1.99. The highest BCUT2D eigenvalue weighted by Gasteiger charge is 2.24. The predicted molar refractivity (Wildman–Crippen MR) is 67.8 cm³/mol. The van der Waals surface area contributed by atoms with Crippen LogP contribution in [0.1, 0.15) is 30.1 Å². The summed E-state index contributed by atoms with van der Waals surface area (Å²) in [6, 6.07) is 3.52. The molecule has 1 amide bonds. The molecule has 2 rings (SSSR count). The third kappa shape index (κ3) is 3.04. The first-order valence-electron chi connectivity index (χ1n) is 5.71. The van der Waals surface area contributed by atoms with Gasteiger partial charge in [-0.15, -0.1) is 0 Å². The number of aromatic nitrogens is 1. The summed E-state index contributed by atoms with van der Waals surface area (Å²) in [5, 5.41) is 2.94. The molecule has 1 saturated heterocycles. The molecule has 17 heavy (non-hydrogen) atoms. The molecule has 4 nitrogen and oxygen atoms in total. The number of carbonyl (C=O) groups excluding carboxylic acids is 1. The Morgan fingerprint density at radius 1 is 1.71 bits per heavy atom. The first-order chi connectivity index (χ1) is 8.18. The van der Waals surface area contributed by atoms with Crippen LogP contribution >= 0.6 is 15.9 Å². The summed E-state index contributed by atoms with van der Waals surface area (Å²) in [6.45, 7) is 2.76. The fraction of sp³-hybridized carbons (Fsp3) is 0.500. The van der Waals surface area contributed by atoms with E-state index in [2.05, 4.69) is 26.2 Å². The molecule has 92 valence electrons. The maximum absolute atomic E-state index is 12.0. The second-order valence-electron chi connectivity index (χ2n) is 4.16. The molecular weight excluding hydrogens is 284 g/mol. The van der Waals surface area contributed by atoms with Gasteiger partial charge in [0.05, 0.1) is 17.7 Å². The van der Waals surface area contributed by atoms with Gasteiger partial charge in [0.15, 0.2) is 0 Å². The lowest BCUT2D eigenvalue weighted by Crippen LogP contribution is -2.41. The maximum atomic E-state index is 12.0. The Hall–Kier alpha value is -0.940. The van der Waals surface area contributed by atoms with Crippen molar-refractivity contribution in [2.24, 2.45) is 0 Å². The minimum atomic E-state index is -0.118. The predicted octanol–water partition coefficient (Wildman–Crippen LogP) is 2.14. The van der Waals surface area contributed by atoms with Crippen molar-refractivity contribution in [3.63, 3.8) is 0 Å². The van der Waals surface area contributed by atoms with E-state index in [-0.39, 0.29) is 18.1 Å². The lowest BCUT2D eigenvalue weighted by Gasteiger charge is -2.20. The second kappa shape index (κ2) is 5.60. The fourth-order valence-electron chi connectivity index (χ4n) is 1.93. The molecule has 0 saturated carbocycles. The van der Waals surface area contributed by atoms with Gasteiger partial charge in [-0.25, -0.2) is 4.98 Å². The molecule has 0 spiro atoms. The Bertz CT molecular complexity index is 405. The first-order valence-corrected chi connectivity index (χ1v) is 6.51. The Morgan fingerprint density at radius 3 is 3.18 bits per heavy atom. The minimum absolute atomic E-state index is 0.0251. The number of hydrogen-bond donors (Lipinski definition) is 1. The van der Waals surface area contributed by atoms with Crippen LogP contribution in [0, 0.1) is 0 Å².